The Kier molecular flexibility index (Phi) is 4.36. The second-order valence-corrected chi connectivity index (χ2v) is 6.63. The third-order valence-electron chi connectivity index (χ3n) is 3.33. The maximum Gasteiger partial charge on any atom is 0.337 e. The summed E-state index contributed by atoms with van der Waals surface area (Å²) in [6, 6.07) is 2.41. The lowest BCUT2D eigenvalue weighted by Gasteiger charge is -2.30. The smallest absolute Gasteiger partial charge is 0.337 e. The predicted octanol–water partition coefficient (Wildman–Crippen LogP) is 0.173. The summed E-state index contributed by atoms with van der Waals surface area (Å²) in [6.45, 7) is 0.611. The Bertz CT molecular complexity index is 584. The van der Waals surface area contributed by atoms with Crippen LogP contribution in [0.5, 0.6) is 0 Å². The summed E-state index contributed by atoms with van der Waals surface area (Å²) in [6.07, 6.45) is 2.52. The number of pyridine rings is 1. The molecule has 0 radical (unpaired) electrons. The van der Waals surface area contributed by atoms with Gasteiger partial charge in [0, 0.05) is 25.9 Å². The van der Waals surface area contributed by atoms with Crippen LogP contribution in [-0.4, -0.2) is 53.6 Å². The third-order valence-corrected chi connectivity index (χ3v) is 5.11. The topological polar surface area (TPSA) is 108 Å². The highest BCUT2D eigenvalue weighted by atomic mass is 32.2. The molecule has 0 amide bonds. The van der Waals surface area contributed by atoms with Crippen LogP contribution in [0, 0.1) is 5.92 Å². The van der Waals surface area contributed by atoms with Gasteiger partial charge >= 0.3 is 5.97 Å². The number of carboxylic acid groups (broad SMARTS) is 1. The number of piperidine rings is 1. The molecule has 7 nitrogen and oxygen atoms in total. The predicted molar refractivity (Wildman–Crippen MR) is 69.8 cm³/mol. The molecule has 1 saturated heterocycles. The number of nitrogens with zero attached hydrogens (tertiary/aromatic N) is 2. The van der Waals surface area contributed by atoms with Crippen LogP contribution in [0.2, 0.25) is 0 Å². The lowest BCUT2D eigenvalue weighted by atomic mass is 10.0. The fourth-order valence-corrected chi connectivity index (χ4v) is 3.65. The molecule has 1 aliphatic rings. The molecule has 1 atom stereocenters. The second-order valence-electron chi connectivity index (χ2n) is 4.74. The SMILES string of the molecule is O=C(O)c1ccc(S(=O)(=O)N2CCCC(CO)C2)nc1. The van der Waals surface area contributed by atoms with Crippen LogP contribution in [0.25, 0.3) is 0 Å². The van der Waals surface area contributed by atoms with Crippen molar-refractivity contribution in [2.24, 2.45) is 5.92 Å². The molecule has 0 aliphatic carbocycles. The lowest BCUT2D eigenvalue weighted by molar-refractivity contribution is 0.0696. The summed E-state index contributed by atoms with van der Waals surface area (Å²) in [5.41, 5.74) is -0.0594. The van der Waals surface area contributed by atoms with Gasteiger partial charge in [0.15, 0.2) is 5.03 Å². The summed E-state index contributed by atoms with van der Waals surface area (Å²) in [5, 5.41) is 17.7. The molecule has 1 fully saturated rings. The number of sulfonamides is 1. The van der Waals surface area contributed by atoms with Gasteiger partial charge in [0.25, 0.3) is 10.0 Å². The van der Waals surface area contributed by atoms with Crippen molar-refractivity contribution in [3.05, 3.63) is 23.9 Å². The van der Waals surface area contributed by atoms with Crippen LogP contribution < -0.4 is 0 Å². The van der Waals surface area contributed by atoms with Crippen molar-refractivity contribution in [1.82, 2.24) is 9.29 Å². The minimum Gasteiger partial charge on any atom is -0.478 e. The van der Waals surface area contributed by atoms with Gasteiger partial charge in [0.2, 0.25) is 0 Å². The van der Waals surface area contributed by atoms with Crippen molar-refractivity contribution in [3.8, 4) is 0 Å². The molecule has 0 aromatic carbocycles. The van der Waals surface area contributed by atoms with Gasteiger partial charge in [-0.25, -0.2) is 18.2 Å². The zero-order valence-electron chi connectivity index (χ0n) is 10.8. The first kappa shape index (κ1) is 14.9. The number of hydrogen-bond donors (Lipinski definition) is 2. The molecule has 1 aliphatic heterocycles. The van der Waals surface area contributed by atoms with Crippen LogP contribution in [-0.2, 0) is 10.0 Å². The monoisotopic (exact) mass is 300 g/mol. The highest BCUT2D eigenvalue weighted by Crippen LogP contribution is 2.22. The fourth-order valence-electron chi connectivity index (χ4n) is 2.19. The lowest BCUT2D eigenvalue weighted by Crippen LogP contribution is -2.41. The van der Waals surface area contributed by atoms with Crippen LogP contribution >= 0.6 is 0 Å². The van der Waals surface area contributed by atoms with Crippen molar-refractivity contribution >= 4 is 16.0 Å². The summed E-state index contributed by atoms with van der Waals surface area (Å²) in [5.74, 6) is -1.21. The molecule has 2 heterocycles. The first-order valence-electron chi connectivity index (χ1n) is 6.25. The number of carboxylic acids is 1. The van der Waals surface area contributed by atoms with Crippen molar-refractivity contribution in [3.63, 3.8) is 0 Å². The van der Waals surface area contributed by atoms with E-state index in [-0.39, 0.29) is 29.7 Å². The van der Waals surface area contributed by atoms with E-state index in [0.29, 0.717) is 13.0 Å². The number of rotatable bonds is 4. The van der Waals surface area contributed by atoms with Crippen LogP contribution in [0.4, 0.5) is 0 Å². The van der Waals surface area contributed by atoms with Crippen molar-refractivity contribution < 1.29 is 23.4 Å². The number of aromatic nitrogens is 1. The average molecular weight is 300 g/mol. The zero-order chi connectivity index (χ0) is 14.8. The van der Waals surface area contributed by atoms with E-state index in [1.54, 1.807) is 0 Å². The first-order valence-corrected chi connectivity index (χ1v) is 7.69. The van der Waals surface area contributed by atoms with E-state index in [1.165, 1.54) is 16.4 Å². The third kappa shape index (κ3) is 2.97. The Morgan fingerprint density at radius 1 is 1.45 bits per heavy atom. The van der Waals surface area contributed by atoms with Gasteiger partial charge < -0.3 is 10.2 Å². The van der Waals surface area contributed by atoms with Gasteiger partial charge in [0.1, 0.15) is 0 Å². The van der Waals surface area contributed by atoms with Gasteiger partial charge in [-0.2, -0.15) is 4.31 Å². The van der Waals surface area contributed by atoms with Crippen LogP contribution in [0.15, 0.2) is 23.4 Å². The summed E-state index contributed by atoms with van der Waals surface area (Å²) >= 11 is 0. The molecule has 20 heavy (non-hydrogen) atoms. The zero-order valence-corrected chi connectivity index (χ0v) is 11.6. The minimum absolute atomic E-state index is 0.0442. The Balaban J connectivity index is 2.23. The molecule has 8 heteroatoms. The summed E-state index contributed by atoms with van der Waals surface area (Å²) in [4.78, 5) is 14.4. The number of aliphatic hydroxyl groups is 1. The molecular weight excluding hydrogens is 284 g/mol. The number of aromatic carboxylic acids is 1. The number of carbonyl (C=O) groups is 1. The van der Waals surface area contributed by atoms with Gasteiger partial charge in [-0.1, -0.05) is 0 Å². The second kappa shape index (κ2) is 5.86. The van der Waals surface area contributed by atoms with E-state index in [9.17, 15) is 13.2 Å². The van der Waals surface area contributed by atoms with Crippen LogP contribution in [0.3, 0.4) is 0 Å². The maximum atomic E-state index is 12.4. The normalized spacial score (nSPS) is 20.8. The highest BCUT2D eigenvalue weighted by Gasteiger charge is 2.30. The van der Waals surface area contributed by atoms with Gasteiger partial charge in [-0.05, 0) is 30.9 Å². The van der Waals surface area contributed by atoms with Gasteiger partial charge in [-0.15, -0.1) is 0 Å². The van der Waals surface area contributed by atoms with E-state index < -0.39 is 16.0 Å². The van der Waals surface area contributed by atoms with Crippen LogP contribution in [0.1, 0.15) is 23.2 Å². The van der Waals surface area contributed by atoms with Crippen molar-refractivity contribution in [2.75, 3.05) is 19.7 Å². The van der Waals surface area contributed by atoms with E-state index >= 15 is 0 Å². The molecule has 1 aromatic heterocycles. The van der Waals surface area contributed by atoms with E-state index in [2.05, 4.69) is 4.98 Å². The number of aliphatic hydroxyl groups excluding tert-OH is 1. The molecule has 110 valence electrons. The Morgan fingerprint density at radius 2 is 2.20 bits per heavy atom. The van der Waals surface area contributed by atoms with E-state index in [4.69, 9.17) is 10.2 Å². The Hall–Kier alpha value is -1.51. The molecule has 0 saturated carbocycles. The summed E-state index contributed by atoms with van der Waals surface area (Å²) < 4.78 is 26.0. The molecule has 2 rings (SSSR count). The van der Waals surface area contributed by atoms with Crippen molar-refractivity contribution in [2.45, 2.75) is 17.9 Å². The standard InChI is InChI=1S/C12H16N2O5S/c15-8-9-2-1-5-14(7-9)20(18,19)11-4-3-10(6-13-11)12(16)17/h3-4,6,9,15H,1-2,5,7-8H2,(H,16,17). The largest absolute Gasteiger partial charge is 0.478 e. The average Bonchev–Trinajstić information content (AvgIpc) is 2.47. The molecule has 2 N–H and O–H groups in total. The van der Waals surface area contributed by atoms with Gasteiger partial charge in [-0.3, -0.25) is 0 Å². The molecule has 0 spiro atoms. The van der Waals surface area contributed by atoms with E-state index in [0.717, 1.165) is 12.6 Å². The Labute approximate surface area is 116 Å². The summed E-state index contributed by atoms with van der Waals surface area (Å²) in [7, 11) is -3.73. The maximum absolute atomic E-state index is 12.4. The molecule has 0 bridgehead atoms. The number of hydrogen-bond acceptors (Lipinski definition) is 5. The minimum atomic E-state index is -3.73. The molecule has 1 unspecified atom stereocenters. The fraction of sp³-hybridized carbons (Fsp3) is 0.500. The van der Waals surface area contributed by atoms with Crippen molar-refractivity contribution in [1.29, 1.82) is 0 Å². The first-order chi connectivity index (χ1) is 9.45. The molecular formula is C12H16N2O5S. The van der Waals surface area contributed by atoms with E-state index in [1.807, 2.05) is 0 Å². The highest BCUT2D eigenvalue weighted by molar-refractivity contribution is 7.89. The quantitative estimate of drug-likeness (QED) is 0.821. The Morgan fingerprint density at radius 3 is 2.75 bits per heavy atom. The molecule has 1 aromatic rings. The van der Waals surface area contributed by atoms with Gasteiger partial charge in [0.05, 0.1) is 5.56 Å².